The number of rotatable bonds is 1. The Morgan fingerprint density at radius 2 is 1.33 bits per heavy atom. The van der Waals surface area contributed by atoms with Gasteiger partial charge in [-0.15, -0.1) is 0 Å². The van der Waals surface area contributed by atoms with Crippen LogP contribution in [0.2, 0.25) is 0 Å². The molecule has 0 fully saturated rings. The molecule has 0 bridgehead atoms. The van der Waals surface area contributed by atoms with Crippen molar-refractivity contribution in [2.75, 3.05) is 0 Å². The number of hydrogen-bond donors (Lipinski definition) is 0. The standard InChI is InChI=1S/C4H10.Al.Na.3H2.4H/c1-3-4-2;;;;;;;;;/h3-4H2,1-2H3;;;3*1H;;;;. The Hall–Kier alpha value is 1.53. The van der Waals surface area contributed by atoms with Gasteiger partial charge < -0.3 is 0 Å². The van der Waals surface area contributed by atoms with Crippen LogP contribution >= 0.6 is 0 Å². The molecule has 0 radical (unpaired) electrons. The fourth-order valence-electron chi connectivity index (χ4n) is 0. The molecule has 0 amide bonds. The van der Waals surface area contributed by atoms with Crippen LogP contribution in [0.3, 0.4) is 0 Å². The summed E-state index contributed by atoms with van der Waals surface area (Å²) in [5.74, 6) is 0. The average Bonchev–Trinajstić information content (AvgIpc) is 1.37. The van der Waals surface area contributed by atoms with Crippen LogP contribution in [0.25, 0.3) is 0 Å². The van der Waals surface area contributed by atoms with Crippen LogP contribution in [0, 0.1) is 0 Å². The summed E-state index contributed by atoms with van der Waals surface area (Å²) >= 11 is 0. The van der Waals surface area contributed by atoms with E-state index in [0.717, 1.165) is 0 Å². The average molecular weight is 118 g/mol. The van der Waals surface area contributed by atoms with E-state index < -0.39 is 0 Å². The fraction of sp³-hybridized carbons (Fsp3) is 1.00. The molecule has 0 atom stereocenters. The van der Waals surface area contributed by atoms with Gasteiger partial charge in [-0.25, -0.2) is 0 Å². The van der Waals surface area contributed by atoms with E-state index in [4.69, 9.17) is 0 Å². The minimum absolute atomic E-state index is 0. The van der Waals surface area contributed by atoms with Gasteiger partial charge in [-0.05, 0) is 0 Å². The van der Waals surface area contributed by atoms with Crippen LogP contribution in [0.15, 0.2) is 0 Å². The molecule has 0 aliphatic rings. The maximum atomic E-state index is 2.18. The SMILES string of the molecule is CCCC.[AlH3].[HH].[HH].[HH].[NaH]. The zero-order chi connectivity index (χ0) is 3.41. The van der Waals surface area contributed by atoms with Crippen molar-refractivity contribution in [1.29, 1.82) is 0 Å². The summed E-state index contributed by atoms with van der Waals surface area (Å²) in [5.41, 5.74) is 0. The predicted molar refractivity (Wildman–Crippen MR) is 44.0 cm³/mol. The molecule has 0 aliphatic heterocycles. The normalized spacial score (nSPS) is 5.00. The zero-order valence-corrected chi connectivity index (χ0v) is 3.41. The molecule has 40 valence electrons. The quantitative estimate of drug-likeness (QED) is 0.445. The molecule has 0 saturated heterocycles. The summed E-state index contributed by atoms with van der Waals surface area (Å²) < 4.78 is 0. The van der Waals surface area contributed by atoms with Crippen LogP contribution in [0.1, 0.15) is 31.0 Å². The molecule has 0 aliphatic carbocycles. The second-order valence-corrected chi connectivity index (χ2v) is 1.000. The van der Waals surface area contributed by atoms with Crippen molar-refractivity contribution in [2.45, 2.75) is 26.7 Å². The predicted octanol–water partition coefficient (Wildman–Crippen LogP) is 0.712. The summed E-state index contributed by atoms with van der Waals surface area (Å²) in [6, 6.07) is 0. The molecule has 0 aromatic carbocycles. The Bertz CT molecular complexity index is 17.8. The molecule has 6 heavy (non-hydrogen) atoms. The molecule has 0 nitrogen and oxygen atoms in total. The molecule has 0 N–H and O–H groups in total. The van der Waals surface area contributed by atoms with Crippen molar-refractivity contribution < 1.29 is 4.28 Å². The Kier molecular flexibility index (Phi) is 41.8. The Balaban J connectivity index is -0.00000000450. The van der Waals surface area contributed by atoms with E-state index in [0.29, 0.717) is 0 Å². The molecule has 2 heteroatoms. The second kappa shape index (κ2) is 16.0. The Morgan fingerprint density at radius 1 is 1.17 bits per heavy atom. The van der Waals surface area contributed by atoms with E-state index in [1.54, 1.807) is 0 Å². The van der Waals surface area contributed by atoms with Gasteiger partial charge in [0.15, 0.2) is 17.4 Å². The maximum absolute atomic E-state index is 2.18. The molecule has 0 rings (SSSR count). The first kappa shape index (κ1) is 15.6. The molecule has 0 aromatic rings. The van der Waals surface area contributed by atoms with Gasteiger partial charge in [-0.1, -0.05) is 26.7 Å². The van der Waals surface area contributed by atoms with E-state index in [2.05, 4.69) is 13.8 Å². The van der Waals surface area contributed by atoms with Crippen LogP contribution < -0.4 is 0 Å². The molecule has 0 unspecified atom stereocenters. The van der Waals surface area contributed by atoms with Gasteiger partial charge in [0.05, 0.1) is 0 Å². The van der Waals surface area contributed by atoms with Crippen molar-refractivity contribution >= 4 is 46.9 Å². The van der Waals surface area contributed by atoms with E-state index >= 15 is 0 Å². The fourth-order valence-corrected chi connectivity index (χ4v) is 0. The summed E-state index contributed by atoms with van der Waals surface area (Å²) in [6.45, 7) is 4.36. The Labute approximate surface area is 77.6 Å². The van der Waals surface area contributed by atoms with Crippen LogP contribution in [0.5, 0.6) is 0 Å². The summed E-state index contributed by atoms with van der Waals surface area (Å²) in [5, 5.41) is 0. The molecular formula is C4H20AlNa. The van der Waals surface area contributed by atoms with Gasteiger partial charge in [0.25, 0.3) is 0 Å². The molecule has 0 spiro atoms. The van der Waals surface area contributed by atoms with Gasteiger partial charge in [-0.3, -0.25) is 0 Å². The van der Waals surface area contributed by atoms with Crippen LogP contribution in [-0.4, -0.2) is 46.9 Å². The second-order valence-electron chi connectivity index (χ2n) is 1.000. The van der Waals surface area contributed by atoms with Crippen LogP contribution in [0.4, 0.5) is 0 Å². The van der Waals surface area contributed by atoms with Crippen LogP contribution in [-0.2, 0) is 0 Å². The van der Waals surface area contributed by atoms with E-state index in [1.807, 2.05) is 0 Å². The first-order chi connectivity index (χ1) is 1.91. The van der Waals surface area contributed by atoms with Gasteiger partial charge in [0.1, 0.15) is 0 Å². The summed E-state index contributed by atoms with van der Waals surface area (Å²) in [7, 11) is 0. The summed E-state index contributed by atoms with van der Waals surface area (Å²) in [4.78, 5) is 0. The monoisotopic (exact) mass is 118 g/mol. The third-order valence-corrected chi connectivity index (χ3v) is 0.500. The number of unbranched alkanes of at least 4 members (excludes halogenated alkanes) is 1. The zero-order valence-electron chi connectivity index (χ0n) is 3.41. The minimum atomic E-state index is 0. The molecule has 0 saturated carbocycles. The third kappa shape index (κ3) is 17.7. The van der Waals surface area contributed by atoms with Crippen molar-refractivity contribution in [1.82, 2.24) is 0 Å². The topological polar surface area (TPSA) is 0 Å². The molecular weight excluding hydrogens is 98.0 g/mol. The van der Waals surface area contributed by atoms with Gasteiger partial charge >= 0.3 is 29.6 Å². The van der Waals surface area contributed by atoms with Crippen molar-refractivity contribution in [3.8, 4) is 0 Å². The van der Waals surface area contributed by atoms with E-state index in [1.165, 1.54) is 12.8 Å². The number of hydrogen-bond acceptors (Lipinski definition) is 0. The van der Waals surface area contributed by atoms with Gasteiger partial charge in [0, 0.05) is 4.28 Å². The van der Waals surface area contributed by atoms with Gasteiger partial charge in [-0.2, -0.15) is 0 Å². The van der Waals surface area contributed by atoms with Crippen molar-refractivity contribution in [3.05, 3.63) is 0 Å². The molecule has 0 heterocycles. The summed E-state index contributed by atoms with van der Waals surface area (Å²) in [6.07, 6.45) is 2.64. The third-order valence-electron chi connectivity index (χ3n) is 0.500. The first-order valence-electron chi connectivity index (χ1n) is 1.91. The van der Waals surface area contributed by atoms with Gasteiger partial charge in [0.2, 0.25) is 0 Å². The van der Waals surface area contributed by atoms with E-state index in [-0.39, 0.29) is 51.2 Å². The van der Waals surface area contributed by atoms with E-state index in [9.17, 15) is 0 Å². The Morgan fingerprint density at radius 3 is 1.33 bits per heavy atom. The van der Waals surface area contributed by atoms with Crippen molar-refractivity contribution in [2.24, 2.45) is 0 Å². The first-order valence-corrected chi connectivity index (χ1v) is 1.91. The van der Waals surface area contributed by atoms with Crippen molar-refractivity contribution in [3.63, 3.8) is 0 Å². The molecule has 0 aromatic heterocycles.